The lowest BCUT2D eigenvalue weighted by Gasteiger charge is -2.35. The van der Waals surface area contributed by atoms with E-state index in [2.05, 4.69) is 10.3 Å². The number of rotatable bonds is 9. The second-order valence-corrected chi connectivity index (χ2v) is 10.2. The highest BCUT2D eigenvalue weighted by Crippen LogP contribution is 2.37. The van der Waals surface area contributed by atoms with Gasteiger partial charge in [-0.3, -0.25) is 4.98 Å². The lowest BCUT2D eigenvalue weighted by molar-refractivity contribution is -0.215. The molecule has 0 radical (unpaired) electrons. The van der Waals surface area contributed by atoms with Crippen LogP contribution < -0.4 is 14.8 Å². The van der Waals surface area contributed by atoms with E-state index in [1.165, 1.54) is 24.4 Å². The Kier molecular flexibility index (Phi) is 8.36. The monoisotopic (exact) mass is 590 g/mol. The largest absolute Gasteiger partial charge is 0.430 e. The first kappa shape index (κ1) is 29.0. The molecule has 42 heavy (non-hydrogen) atoms. The molecule has 5 aromatic rings. The van der Waals surface area contributed by atoms with Crippen molar-refractivity contribution < 1.29 is 27.4 Å². The van der Waals surface area contributed by atoms with E-state index in [1.54, 1.807) is 30.3 Å². The van der Waals surface area contributed by atoms with Crippen molar-refractivity contribution in [2.45, 2.75) is 31.2 Å². The van der Waals surface area contributed by atoms with E-state index in [0.717, 1.165) is 16.3 Å². The summed E-state index contributed by atoms with van der Waals surface area (Å²) in [6, 6.07) is 31.0. The maximum absolute atomic E-state index is 14.2. The van der Waals surface area contributed by atoms with Gasteiger partial charge in [0.05, 0.1) is 10.7 Å². The zero-order valence-corrected chi connectivity index (χ0v) is 23.2. The molecular formula is C33H26ClF3N2O3. The van der Waals surface area contributed by atoms with Gasteiger partial charge in [0.2, 0.25) is 6.17 Å². The van der Waals surface area contributed by atoms with Crippen LogP contribution in [0.4, 0.5) is 18.0 Å². The number of pyridine rings is 1. The minimum Gasteiger partial charge on any atom is -0.430 e. The SMILES string of the molecule is CC(F)C(F)(F)Oc1cccc([C@@](Cc2ccccc2)(NC(=O)Oc2cccc3ccccc23)c2ccc(Cl)cn2)c1. The number of amides is 1. The molecule has 0 aliphatic rings. The van der Waals surface area contributed by atoms with Gasteiger partial charge in [-0.1, -0.05) is 90.5 Å². The average Bonchev–Trinajstić information content (AvgIpc) is 2.98. The van der Waals surface area contributed by atoms with Crippen LogP contribution in [0.2, 0.25) is 5.02 Å². The van der Waals surface area contributed by atoms with Crippen LogP contribution in [0.3, 0.4) is 0 Å². The highest BCUT2D eigenvalue weighted by molar-refractivity contribution is 6.30. The van der Waals surface area contributed by atoms with Crippen LogP contribution in [-0.4, -0.2) is 23.4 Å². The van der Waals surface area contributed by atoms with Gasteiger partial charge in [-0.2, -0.15) is 8.78 Å². The molecule has 0 aliphatic heterocycles. The molecule has 1 aromatic heterocycles. The van der Waals surface area contributed by atoms with Crippen molar-refractivity contribution in [2.75, 3.05) is 0 Å². The molecule has 9 heteroatoms. The zero-order valence-electron chi connectivity index (χ0n) is 22.4. The van der Waals surface area contributed by atoms with Gasteiger partial charge in [0.15, 0.2) is 0 Å². The Labute approximate surface area is 245 Å². The molecule has 0 aliphatic carbocycles. The van der Waals surface area contributed by atoms with Crippen molar-refractivity contribution in [3.8, 4) is 11.5 Å². The quantitative estimate of drug-likeness (QED) is 0.187. The number of aromatic nitrogens is 1. The summed E-state index contributed by atoms with van der Waals surface area (Å²) in [7, 11) is 0. The van der Waals surface area contributed by atoms with Crippen molar-refractivity contribution in [3.63, 3.8) is 0 Å². The predicted molar refractivity (Wildman–Crippen MR) is 156 cm³/mol. The Balaban J connectivity index is 1.63. The van der Waals surface area contributed by atoms with Gasteiger partial charge in [0, 0.05) is 18.0 Å². The molecule has 2 atom stereocenters. The summed E-state index contributed by atoms with van der Waals surface area (Å²) in [6.45, 7) is 0.714. The van der Waals surface area contributed by atoms with Gasteiger partial charge in [0.1, 0.15) is 17.0 Å². The Hall–Kier alpha value is -4.56. The predicted octanol–water partition coefficient (Wildman–Crippen LogP) is 8.49. The van der Waals surface area contributed by atoms with Crippen molar-refractivity contribution in [2.24, 2.45) is 0 Å². The third-order valence-electron chi connectivity index (χ3n) is 6.79. The maximum atomic E-state index is 14.2. The Morgan fingerprint density at radius 2 is 1.64 bits per heavy atom. The van der Waals surface area contributed by atoms with E-state index >= 15 is 0 Å². The molecule has 214 valence electrons. The third-order valence-corrected chi connectivity index (χ3v) is 7.01. The number of nitrogens with one attached hydrogen (secondary N) is 1. The van der Waals surface area contributed by atoms with E-state index < -0.39 is 23.9 Å². The number of hydrogen-bond acceptors (Lipinski definition) is 4. The number of fused-ring (bicyclic) bond motifs is 1. The molecule has 5 nitrogen and oxygen atoms in total. The van der Waals surface area contributed by atoms with E-state index in [0.29, 0.717) is 29.0 Å². The first-order valence-corrected chi connectivity index (χ1v) is 13.5. The van der Waals surface area contributed by atoms with Crippen molar-refractivity contribution in [1.82, 2.24) is 10.3 Å². The van der Waals surface area contributed by atoms with Gasteiger partial charge in [-0.25, -0.2) is 9.18 Å². The maximum Gasteiger partial charge on any atom is 0.429 e. The second kappa shape index (κ2) is 12.1. The van der Waals surface area contributed by atoms with Crippen LogP contribution in [0.15, 0.2) is 115 Å². The molecule has 1 unspecified atom stereocenters. The molecule has 4 aromatic carbocycles. The molecule has 5 rings (SSSR count). The zero-order chi connectivity index (χ0) is 29.7. The molecule has 0 bridgehead atoms. The van der Waals surface area contributed by atoms with E-state index in [-0.39, 0.29) is 12.2 Å². The minimum absolute atomic E-state index is 0.145. The van der Waals surface area contributed by atoms with E-state index in [4.69, 9.17) is 21.1 Å². The summed E-state index contributed by atoms with van der Waals surface area (Å²) >= 11 is 6.15. The van der Waals surface area contributed by atoms with Gasteiger partial charge in [-0.15, -0.1) is 0 Å². The topological polar surface area (TPSA) is 60.5 Å². The lowest BCUT2D eigenvalue weighted by atomic mass is 9.80. The Bertz CT molecular complexity index is 1680. The highest BCUT2D eigenvalue weighted by Gasteiger charge is 2.42. The fourth-order valence-electron chi connectivity index (χ4n) is 4.70. The van der Waals surface area contributed by atoms with Crippen molar-refractivity contribution in [3.05, 3.63) is 137 Å². The molecule has 1 amide bonds. The van der Waals surface area contributed by atoms with Crippen LogP contribution in [0.25, 0.3) is 10.8 Å². The Morgan fingerprint density at radius 1 is 0.929 bits per heavy atom. The normalized spacial score (nSPS) is 13.6. The molecule has 1 N–H and O–H groups in total. The van der Waals surface area contributed by atoms with Crippen molar-refractivity contribution in [1.29, 1.82) is 0 Å². The molecule has 0 fully saturated rings. The van der Waals surface area contributed by atoms with Gasteiger partial charge in [-0.05, 0) is 53.8 Å². The van der Waals surface area contributed by atoms with Gasteiger partial charge < -0.3 is 14.8 Å². The fraction of sp³-hybridized carbons (Fsp3) is 0.152. The highest BCUT2D eigenvalue weighted by atomic mass is 35.5. The number of hydrogen-bond donors (Lipinski definition) is 1. The molecule has 1 heterocycles. The lowest BCUT2D eigenvalue weighted by Crippen LogP contribution is -2.50. The number of carbonyl (C=O) groups excluding carboxylic acids is 1. The fourth-order valence-corrected chi connectivity index (χ4v) is 4.81. The van der Waals surface area contributed by atoms with Crippen LogP contribution in [-0.2, 0) is 12.0 Å². The molecule has 0 saturated heterocycles. The van der Waals surface area contributed by atoms with Crippen LogP contribution in [0.1, 0.15) is 23.7 Å². The number of nitrogens with zero attached hydrogens (tertiary/aromatic N) is 1. The van der Waals surface area contributed by atoms with Crippen molar-refractivity contribution >= 4 is 28.5 Å². The third kappa shape index (κ3) is 6.34. The number of benzene rings is 4. The van der Waals surface area contributed by atoms with E-state index in [9.17, 15) is 18.0 Å². The second-order valence-electron chi connectivity index (χ2n) is 9.73. The molecular weight excluding hydrogens is 565 g/mol. The standard InChI is InChI=1S/C33H26ClF3N2O3/c1-22(35)33(36,37)42-27-14-8-13-25(19-27)32(20-23-9-3-2-4-10-23,30-18-17-26(34)21-38-30)39-31(40)41-29-16-7-12-24-11-5-6-15-28(24)29/h2-19,21-22H,20H2,1H3,(H,39,40)/t22?,32-/m1/s1. The summed E-state index contributed by atoms with van der Waals surface area (Å²) in [6.07, 6.45) is -5.87. The average molecular weight is 591 g/mol. The summed E-state index contributed by atoms with van der Waals surface area (Å²) < 4.78 is 52.7. The van der Waals surface area contributed by atoms with Gasteiger partial charge >= 0.3 is 12.2 Å². The first-order valence-electron chi connectivity index (χ1n) is 13.1. The van der Waals surface area contributed by atoms with Gasteiger partial charge in [0.25, 0.3) is 0 Å². The van der Waals surface area contributed by atoms with Crippen LogP contribution in [0, 0.1) is 0 Å². The summed E-state index contributed by atoms with van der Waals surface area (Å²) in [5.41, 5.74) is 0.0434. The summed E-state index contributed by atoms with van der Waals surface area (Å²) in [4.78, 5) is 18.2. The molecule has 0 saturated carbocycles. The first-order chi connectivity index (χ1) is 20.2. The Morgan fingerprint density at radius 3 is 2.38 bits per heavy atom. The number of alkyl halides is 3. The van der Waals surface area contributed by atoms with Crippen LogP contribution in [0.5, 0.6) is 11.5 Å². The molecule has 0 spiro atoms. The minimum atomic E-state index is -4.07. The smallest absolute Gasteiger partial charge is 0.429 e. The van der Waals surface area contributed by atoms with E-state index in [1.807, 2.05) is 60.7 Å². The summed E-state index contributed by atoms with van der Waals surface area (Å²) in [5, 5.41) is 4.94. The number of ether oxygens (including phenoxy) is 2. The summed E-state index contributed by atoms with van der Waals surface area (Å²) in [5.74, 6) is 0.0366. The number of halogens is 4. The van der Waals surface area contributed by atoms with Crippen LogP contribution >= 0.6 is 11.6 Å². The number of carbonyl (C=O) groups is 1.